The van der Waals surface area contributed by atoms with E-state index in [-0.39, 0.29) is 16.8 Å². The molecular weight excluding hydrogens is 332 g/mol. The molecule has 0 aliphatic carbocycles. The van der Waals surface area contributed by atoms with Gasteiger partial charge in [0.1, 0.15) is 11.5 Å². The lowest BCUT2D eigenvalue weighted by Gasteiger charge is -2.06. The van der Waals surface area contributed by atoms with Crippen LogP contribution in [0.2, 0.25) is 0 Å². The lowest BCUT2D eigenvalue weighted by molar-refractivity contribution is -0.384. The summed E-state index contributed by atoms with van der Waals surface area (Å²) in [6.45, 7) is 2.06. The number of carbonyl (C=O) groups excluding carboxylic acids is 2. The zero-order valence-electron chi connectivity index (χ0n) is 12.6. The third-order valence-electron chi connectivity index (χ3n) is 3.45. The molecule has 1 aromatic heterocycles. The lowest BCUT2D eigenvalue weighted by atomic mass is 10.1. The molecule has 0 spiro atoms. The highest BCUT2D eigenvalue weighted by Crippen LogP contribution is 2.33. The van der Waals surface area contributed by atoms with Gasteiger partial charge in [-0.2, -0.15) is 0 Å². The predicted molar refractivity (Wildman–Crippen MR) is 89.1 cm³/mol. The maximum absolute atomic E-state index is 12.0. The monoisotopic (exact) mass is 344 g/mol. The highest BCUT2D eigenvalue weighted by Gasteiger charge is 2.33. The third-order valence-corrected chi connectivity index (χ3v) is 4.36. The molecule has 2 amide bonds. The van der Waals surface area contributed by atoms with Crippen LogP contribution in [0, 0.1) is 10.1 Å². The molecule has 1 saturated heterocycles. The molecule has 1 aliphatic heterocycles. The lowest BCUT2D eigenvalue weighted by Crippen LogP contribution is -2.27. The van der Waals surface area contributed by atoms with Gasteiger partial charge in [-0.25, -0.2) is 0 Å². The van der Waals surface area contributed by atoms with Gasteiger partial charge in [0, 0.05) is 30.3 Å². The smallest absolute Gasteiger partial charge is 0.293 e. The summed E-state index contributed by atoms with van der Waals surface area (Å²) in [6.07, 6.45) is 1.52. The molecule has 8 heteroatoms. The van der Waals surface area contributed by atoms with Gasteiger partial charge < -0.3 is 4.42 Å². The molecule has 0 radical (unpaired) electrons. The summed E-state index contributed by atoms with van der Waals surface area (Å²) in [5, 5.41) is 10.4. The molecule has 0 unspecified atom stereocenters. The average Bonchev–Trinajstić information content (AvgIpc) is 3.13. The molecule has 1 aliphatic rings. The molecule has 0 N–H and O–H groups in total. The van der Waals surface area contributed by atoms with Gasteiger partial charge in [0.15, 0.2) is 0 Å². The topological polar surface area (TPSA) is 93.7 Å². The first kappa shape index (κ1) is 16.0. The molecule has 1 aromatic carbocycles. The molecule has 0 atom stereocenters. The van der Waals surface area contributed by atoms with Gasteiger partial charge >= 0.3 is 0 Å². The molecule has 122 valence electrons. The van der Waals surface area contributed by atoms with Crippen LogP contribution in [0.4, 0.5) is 10.5 Å². The third kappa shape index (κ3) is 2.95. The fraction of sp³-hybridized carbons (Fsp3) is 0.125. The molecule has 2 aromatic rings. The van der Waals surface area contributed by atoms with Crippen LogP contribution in [0.15, 0.2) is 45.7 Å². The second-order valence-electron chi connectivity index (χ2n) is 4.93. The van der Waals surface area contributed by atoms with Gasteiger partial charge in [0.2, 0.25) is 0 Å². The zero-order valence-corrected chi connectivity index (χ0v) is 13.4. The number of likely N-dealkylation sites (N-methyl/N-ethyl adjacent to an activating group) is 1. The average molecular weight is 344 g/mol. The summed E-state index contributed by atoms with van der Waals surface area (Å²) >= 11 is 0.875. The standard InChI is InChI=1S/C16H12N2O5S/c1-2-17-15(19)14(24-16(17)20)9-12-7-8-13(23-12)10-3-5-11(6-4-10)18(21)22/h3-9H,2H2,1H3/b14-9+. The minimum Gasteiger partial charge on any atom is -0.457 e. The highest BCUT2D eigenvalue weighted by atomic mass is 32.2. The number of rotatable bonds is 4. The van der Waals surface area contributed by atoms with E-state index in [2.05, 4.69) is 0 Å². The van der Waals surface area contributed by atoms with E-state index < -0.39 is 4.92 Å². The number of benzene rings is 1. The minimum atomic E-state index is -0.471. The van der Waals surface area contributed by atoms with E-state index in [0.717, 1.165) is 16.7 Å². The van der Waals surface area contributed by atoms with Crippen molar-refractivity contribution in [2.24, 2.45) is 0 Å². The predicted octanol–water partition coefficient (Wildman–Crippen LogP) is 3.91. The summed E-state index contributed by atoms with van der Waals surface area (Å²) in [5.41, 5.74) is 0.681. The normalized spacial score (nSPS) is 16.2. The Morgan fingerprint density at radius 1 is 1.21 bits per heavy atom. The number of furan rings is 1. The van der Waals surface area contributed by atoms with Crippen molar-refractivity contribution in [3.8, 4) is 11.3 Å². The van der Waals surface area contributed by atoms with Gasteiger partial charge in [-0.15, -0.1) is 0 Å². The Morgan fingerprint density at radius 3 is 2.50 bits per heavy atom. The van der Waals surface area contributed by atoms with Crippen LogP contribution in [0.5, 0.6) is 0 Å². The minimum absolute atomic E-state index is 0.00114. The summed E-state index contributed by atoms with van der Waals surface area (Å²) < 4.78 is 5.64. The van der Waals surface area contributed by atoms with Crippen molar-refractivity contribution in [3.63, 3.8) is 0 Å². The molecule has 24 heavy (non-hydrogen) atoms. The Balaban J connectivity index is 1.83. The number of nitrogens with zero attached hydrogens (tertiary/aromatic N) is 2. The fourth-order valence-electron chi connectivity index (χ4n) is 2.23. The Morgan fingerprint density at radius 2 is 1.92 bits per heavy atom. The maximum Gasteiger partial charge on any atom is 0.293 e. The molecule has 1 fully saturated rings. The number of nitro benzene ring substituents is 1. The van der Waals surface area contributed by atoms with E-state index in [1.165, 1.54) is 18.2 Å². The van der Waals surface area contributed by atoms with Crippen LogP contribution in [0.1, 0.15) is 12.7 Å². The van der Waals surface area contributed by atoms with Crippen LogP contribution in [-0.2, 0) is 4.79 Å². The Bertz CT molecular complexity index is 854. The number of hydrogen-bond acceptors (Lipinski definition) is 6. The second-order valence-corrected chi connectivity index (χ2v) is 5.93. The summed E-state index contributed by atoms with van der Waals surface area (Å²) in [4.78, 5) is 35.4. The number of nitro groups is 1. The van der Waals surface area contributed by atoms with Crippen molar-refractivity contribution in [3.05, 3.63) is 57.2 Å². The highest BCUT2D eigenvalue weighted by molar-refractivity contribution is 8.18. The summed E-state index contributed by atoms with van der Waals surface area (Å²) in [6, 6.07) is 9.35. The van der Waals surface area contributed by atoms with Gasteiger partial charge in [0.25, 0.3) is 16.8 Å². The van der Waals surface area contributed by atoms with E-state index in [4.69, 9.17) is 4.42 Å². The molecule has 0 bridgehead atoms. The largest absolute Gasteiger partial charge is 0.457 e. The summed E-state index contributed by atoms with van der Waals surface area (Å²) in [5.74, 6) is 0.622. The Hall–Kier alpha value is -2.87. The molecular formula is C16H12N2O5S. The van der Waals surface area contributed by atoms with Gasteiger partial charge in [-0.1, -0.05) is 0 Å². The second kappa shape index (κ2) is 6.32. The van der Waals surface area contributed by atoms with Crippen molar-refractivity contribution in [1.82, 2.24) is 4.90 Å². The van der Waals surface area contributed by atoms with Crippen LogP contribution in [0.3, 0.4) is 0 Å². The number of thioether (sulfide) groups is 1. The molecule has 3 rings (SSSR count). The summed E-state index contributed by atoms with van der Waals surface area (Å²) in [7, 11) is 0. The number of imide groups is 1. The van der Waals surface area contributed by atoms with E-state index >= 15 is 0 Å². The van der Waals surface area contributed by atoms with Gasteiger partial charge in [0.05, 0.1) is 9.83 Å². The van der Waals surface area contributed by atoms with Crippen molar-refractivity contribution in [1.29, 1.82) is 0 Å². The van der Waals surface area contributed by atoms with Crippen LogP contribution >= 0.6 is 11.8 Å². The van der Waals surface area contributed by atoms with E-state index in [9.17, 15) is 19.7 Å². The van der Waals surface area contributed by atoms with Crippen molar-refractivity contribution in [2.75, 3.05) is 6.54 Å². The fourth-order valence-corrected chi connectivity index (χ4v) is 3.12. The zero-order chi connectivity index (χ0) is 17.3. The van der Waals surface area contributed by atoms with E-state index in [0.29, 0.717) is 28.5 Å². The number of non-ortho nitro benzene ring substituents is 1. The van der Waals surface area contributed by atoms with E-state index in [1.54, 1.807) is 31.2 Å². The Labute approximate surface area is 141 Å². The molecule has 0 saturated carbocycles. The van der Waals surface area contributed by atoms with Crippen LogP contribution in [0.25, 0.3) is 17.4 Å². The first-order valence-corrected chi connectivity index (χ1v) is 7.91. The van der Waals surface area contributed by atoms with Gasteiger partial charge in [-0.3, -0.25) is 24.6 Å². The first-order valence-electron chi connectivity index (χ1n) is 7.09. The van der Waals surface area contributed by atoms with Crippen molar-refractivity contribution in [2.45, 2.75) is 6.92 Å². The number of carbonyl (C=O) groups is 2. The van der Waals surface area contributed by atoms with Crippen molar-refractivity contribution < 1.29 is 18.9 Å². The Kier molecular flexibility index (Phi) is 4.22. The van der Waals surface area contributed by atoms with Crippen molar-refractivity contribution >= 4 is 34.7 Å². The number of amides is 2. The molecule has 2 heterocycles. The van der Waals surface area contributed by atoms with Crippen LogP contribution < -0.4 is 0 Å². The van der Waals surface area contributed by atoms with Gasteiger partial charge in [-0.05, 0) is 43.0 Å². The van der Waals surface area contributed by atoms with Crippen LogP contribution in [-0.4, -0.2) is 27.5 Å². The van der Waals surface area contributed by atoms with E-state index in [1.807, 2.05) is 0 Å². The maximum atomic E-state index is 12.0. The first-order chi connectivity index (χ1) is 11.5. The number of hydrogen-bond donors (Lipinski definition) is 0. The quantitative estimate of drug-likeness (QED) is 0.474. The SMILES string of the molecule is CCN1C(=O)S/C(=C/c2ccc(-c3ccc([N+](=O)[O-])cc3)o2)C1=O. The molecule has 7 nitrogen and oxygen atoms in total.